The van der Waals surface area contributed by atoms with Crippen LogP contribution < -0.4 is 5.32 Å². The minimum absolute atomic E-state index is 0.00988. The standard InChI is InChI=1S/C24H26N2O6/c27-20(12-13-21(28)24(23(30)31)14-7-15-26(24)32)19(16-17-8-3-1-4-9-17)25-22(29)18-10-5-2-6-11-18/h1-6,8-11,19,32H,7,12-16H2,(H,25,29)(H,30,31)/t19?,24-/m1/s1. The van der Waals surface area contributed by atoms with Gasteiger partial charge in [-0.2, -0.15) is 5.06 Å². The minimum atomic E-state index is -2.01. The largest absolute Gasteiger partial charge is 0.479 e. The molecule has 0 saturated carbocycles. The zero-order chi connectivity index (χ0) is 23.1. The van der Waals surface area contributed by atoms with Crippen LogP contribution in [0.2, 0.25) is 0 Å². The van der Waals surface area contributed by atoms with Gasteiger partial charge >= 0.3 is 5.97 Å². The van der Waals surface area contributed by atoms with E-state index in [0.717, 1.165) is 5.56 Å². The second-order valence-electron chi connectivity index (χ2n) is 7.86. The molecule has 0 aromatic heterocycles. The highest BCUT2D eigenvalue weighted by Crippen LogP contribution is 2.30. The number of amides is 1. The average Bonchev–Trinajstić information content (AvgIpc) is 3.20. The Balaban J connectivity index is 1.72. The van der Waals surface area contributed by atoms with Crippen molar-refractivity contribution in [1.29, 1.82) is 0 Å². The molecule has 3 rings (SSSR count). The third-order valence-corrected chi connectivity index (χ3v) is 5.78. The third kappa shape index (κ3) is 5.09. The van der Waals surface area contributed by atoms with Crippen LogP contribution in [-0.4, -0.2) is 56.9 Å². The van der Waals surface area contributed by atoms with Crippen molar-refractivity contribution in [2.45, 2.75) is 43.7 Å². The van der Waals surface area contributed by atoms with Gasteiger partial charge in [-0.05, 0) is 37.0 Å². The fourth-order valence-electron chi connectivity index (χ4n) is 3.97. The topological polar surface area (TPSA) is 124 Å². The minimum Gasteiger partial charge on any atom is -0.479 e. The summed E-state index contributed by atoms with van der Waals surface area (Å²) in [5, 5.41) is 22.8. The highest BCUT2D eigenvalue weighted by atomic mass is 16.5. The van der Waals surface area contributed by atoms with Crippen molar-refractivity contribution in [2.24, 2.45) is 0 Å². The number of ketones is 2. The van der Waals surface area contributed by atoms with E-state index in [1.54, 1.807) is 30.3 Å². The lowest BCUT2D eigenvalue weighted by atomic mass is 9.87. The van der Waals surface area contributed by atoms with Gasteiger partial charge in [0, 0.05) is 24.9 Å². The molecule has 1 unspecified atom stereocenters. The molecule has 168 valence electrons. The monoisotopic (exact) mass is 438 g/mol. The lowest BCUT2D eigenvalue weighted by Gasteiger charge is -2.28. The molecule has 1 aliphatic heterocycles. The maximum atomic E-state index is 13.0. The smallest absolute Gasteiger partial charge is 0.334 e. The number of aliphatic carboxylic acids is 1. The number of Topliss-reactive ketones (excluding diaryl/α,β-unsaturated/α-hetero) is 2. The van der Waals surface area contributed by atoms with Crippen LogP contribution in [0.4, 0.5) is 0 Å². The summed E-state index contributed by atoms with van der Waals surface area (Å²) in [6, 6.07) is 16.8. The van der Waals surface area contributed by atoms with E-state index in [-0.39, 0.29) is 38.0 Å². The van der Waals surface area contributed by atoms with Gasteiger partial charge in [-0.25, -0.2) is 4.79 Å². The zero-order valence-corrected chi connectivity index (χ0v) is 17.6. The second kappa shape index (κ2) is 10.3. The molecule has 8 heteroatoms. The quantitative estimate of drug-likeness (QED) is 0.486. The Morgan fingerprint density at radius 3 is 2.16 bits per heavy atom. The van der Waals surface area contributed by atoms with E-state index in [1.807, 2.05) is 30.3 Å². The first kappa shape index (κ1) is 23.3. The summed E-state index contributed by atoms with van der Waals surface area (Å²) in [5.74, 6) is -2.93. The molecule has 3 N–H and O–H groups in total. The molecular formula is C24H26N2O6. The summed E-state index contributed by atoms with van der Waals surface area (Å²) < 4.78 is 0. The van der Waals surface area contributed by atoms with Crippen molar-refractivity contribution in [3.8, 4) is 0 Å². The molecule has 1 heterocycles. The molecule has 1 saturated heterocycles. The number of nitrogens with one attached hydrogen (secondary N) is 1. The Labute approximate surface area is 185 Å². The average molecular weight is 438 g/mol. The summed E-state index contributed by atoms with van der Waals surface area (Å²) in [4.78, 5) is 50.1. The van der Waals surface area contributed by atoms with E-state index in [4.69, 9.17) is 0 Å². The van der Waals surface area contributed by atoms with E-state index in [0.29, 0.717) is 17.0 Å². The zero-order valence-electron chi connectivity index (χ0n) is 17.6. The van der Waals surface area contributed by atoms with Crippen molar-refractivity contribution in [1.82, 2.24) is 10.4 Å². The van der Waals surface area contributed by atoms with Crippen LogP contribution in [-0.2, 0) is 20.8 Å². The van der Waals surface area contributed by atoms with Crippen LogP contribution in [0.25, 0.3) is 0 Å². The number of hydrogen-bond acceptors (Lipinski definition) is 6. The fourth-order valence-corrected chi connectivity index (χ4v) is 3.97. The van der Waals surface area contributed by atoms with Crippen molar-refractivity contribution < 1.29 is 29.5 Å². The number of carboxylic acid groups (broad SMARTS) is 1. The van der Waals surface area contributed by atoms with Crippen LogP contribution in [0.3, 0.4) is 0 Å². The van der Waals surface area contributed by atoms with Crippen LogP contribution in [0, 0.1) is 0 Å². The first-order valence-electron chi connectivity index (χ1n) is 10.5. The summed E-state index contributed by atoms with van der Waals surface area (Å²) in [6.45, 7) is 0.0791. The van der Waals surface area contributed by atoms with E-state index >= 15 is 0 Å². The highest BCUT2D eigenvalue weighted by molar-refractivity contribution is 6.09. The molecular weight excluding hydrogens is 412 g/mol. The van der Waals surface area contributed by atoms with Gasteiger partial charge in [0.05, 0.1) is 6.04 Å². The predicted octanol–water partition coefficient (Wildman–Crippen LogP) is 2.25. The molecule has 0 aliphatic carbocycles. The molecule has 1 fully saturated rings. The van der Waals surface area contributed by atoms with E-state index < -0.39 is 29.2 Å². The maximum Gasteiger partial charge on any atom is 0.334 e. The number of carbonyl (C=O) groups is 4. The van der Waals surface area contributed by atoms with Gasteiger partial charge < -0.3 is 15.6 Å². The van der Waals surface area contributed by atoms with Crippen molar-refractivity contribution >= 4 is 23.4 Å². The Morgan fingerprint density at radius 1 is 0.969 bits per heavy atom. The Kier molecular flexibility index (Phi) is 7.50. The van der Waals surface area contributed by atoms with Gasteiger partial charge in [0.25, 0.3) is 5.91 Å². The second-order valence-corrected chi connectivity index (χ2v) is 7.86. The normalized spacial score (nSPS) is 19.3. The summed E-state index contributed by atoms with van der Waals surface area (Å²) in [5.41, 5.74) is -0.770. The number of rotatable bonds is 10. The van der Waals surface area contributed by atoms with E-state index in [2.05, 4.69) is 5.32 Å². The number of carbonyl (C=O) groups excluding carboxylic acids is 3. The summed E-state index contributed by atoms with van der Waals surface area (Å²) in [6.07, 6.45) is 0.0158. The number of hydroxylamine groups is 2. The maximum absolute atomic E-state index is 13.0. The molecule has 32 heavy (non-hydrogen) atoms. The van der Waals surface area contributed by atoms with Gasteiger partial charge in [0.1, 0.15) is 0 Å². The number of nitrogens with zero attached hydrogens (tertiary/aromatic N) is 1. The first-order valence-corrected chi connectivity index (χ1v) is 10.5. The first-order chi connectivity index (χ1) is 15.3. The Morgan fingerprint density at radius 2 is 1.59 bits per heavy atom. The Hall–Kier alpha value is -3.36. The van der Waals surface area contributed by atoms with Crippen molar-refractivity contribution in [3.63, 3.8) is 0 Å². The molecule has 0 spiro atoms. The molecule has 2 atom stereocenters. The molecule has 0 bridgehead atoms. The van der Waals surface area contributed by atoms with E-state index in [9.17, 15) is 29.5 Å². The Bertz CT molecular complexity index is 978. The lowest BCUT2D eigenvalue weighted by Crippen LogP contribution is -2.55. The molecule has 1 aliphatic rings. The number of carboxylic acids is 1. The van der Waals surface area contributed by atoms with E-state index in [1.165, 1.54) is 0 Å². The van der Waals surface area contributed by atoms with Crippen molar-refractivity contribution in [2.75, 3.05) is 6.54 Å². The van der Waals surface area contributed by atoms with Crippen LogP contribution >= 0.6 is 0 Å². The molecule has 8 nitrogen and oxygen atoms in total. The lowest BCUT2D eigenvalue weighted by molar-refractivity contribution is -0.188. The van der Waals surface area contributed by atoms with Gasteiger partial charge in [-0.15, -0.1) is 0 Å². The molecule has 2 aromatic carbocycles. The van der Waals surface area contributed by atoms with Gasteiger partial charge in [0.2, 0.25) is 5.54 Å². The van der Waals surface area contributed by atoms with Crippen LogP contribution in [0.1, 0.15) is 41.6 Å². The third-order valence-electron chi connectivity index (χ3n) is 5.78. The van der Waals surface area contributed by atoms with Crippen molar-refractivity contribution in [3.05, 3.63) is 71.8 Å². The van der Waals surface area contributed by atoms with Crippen LogP contribution in [0.5, 0.6) is 0 Å². The summed E-state index contributed by atoms with van der Waals surface area (Å²) >= 11 is 0. The predicted molar refractivity (Wildman–Crippen MR) is 115 cm³/mol. The number of benzene rings is 2. The highest BCUT2D eigenvalue weighted by Gasteiger charge is 2.53. The number of hydrogen-bond donors (Lipinski definition) is 3. The van der Waals surface area contributed by atoms with Gasteiger partial charge in [-0.1, -0.05) is 48.5 Å². The summed E-state index contributed by atoms with van der Waals surface area (Å²) in [7, 11) is 0. The fraction of sp³-hybridized carbons (Fsp3) is 0.333. The molecule has 2 aromatic rings. The molecule has 1 amide bonds. The van der Waals surface area contributed by atoms with Gasteiger partial charge in [-0.3, -0.25) is 14.4 Å². The SMILES string of the molecule is O=C(NC(Cc1ccccc1)C(=O)CCC(=O)[C@@]1(C(=O)O)CCCN1O)c1ccccc1. The molecule has 0 radical (unpaired) electrons. The van der Waals surface area contributed by atoms with Crippen LogP contribution in [0.15, 0.2) is 60.7 Å². The van der Waals surface area contributed by atoms with Gasteiger partial charge in [0.15, 0.2) is 11.6 Å².